The molecule has 90 valence electrons. The maximum Gasteiger partial charge on any atom is 0.156 e. The summed E-state index contributed by atoms with van der Waals surface area (Å²) < 4.78 is 7.06. The standard InChI is InChI=1S/C13H11N3O2/c1-9-5-11(18-15-9)7-16-6-10(8-17)12-3-2-4-14-13(12)16/h2-6,8H,7H2,1H3. The molecular formula is C13H11N3O2. The zero-order valence-electron chi connectivity index (χ0n) is 9.83. The molecule has 0 aromatic carbocycles. The minimum Gasteiger partial charge on any atom is -0.359 e. The molecule has 0 N–H and O–H groups in total. The van der Waals surface area contributed by atoms with Crippen LogP contribution in [0.25, 0.3) is 11.0 Å². The maximum absolute atomic E-state index is 11.0. The Labute approximate surface area is 103 Å². The molecule has 5 nitrogen and oxygen atoms in total. The molecule has 0 aliphatic heterocycles. The van der Waals surface area contributed by atoms with Crippen LogP contribution in [-0.2, 0) is 6.54 Å². The fraction of sp³-hybridized carbons (Fsp3) is 0.154. The molecule has 5 heteroatoms. The Balaban J connectivity index is 2.09. The normalized spacial score (nSPS) is 10.9. The molecular weight excluding hydrogens is 230 g/mol. The second kappa shape index (κ2) is 4.10. The van der Waals surface area contributed by atoms with Gasteiger partial charge in [-0.3, -0.25) is 4.79 Å². The summed E-state index contributed by atoms with van der Waals surface area (Å²) in [6.45, 7) is 2.39. The molecule has 0 amide bonds. The summed E-state index contributed by atoms with van der Waals surface area (Å²) in [6.07, 6.45) is 4.33. The van der Waals surface area contributed by atoms with Crippen LogP contribution in [0.1, 0.15) is 21.8 Å². The lowest BCUT2D eigenvalue weighted by atomic mass is 10.2. The van der Waals surface area contributed by atoms with Crippen molar-refractivity contribution in [3.63, 3.8) is 0 Å². The first-order chi connectivity index (χ1) is 8.78. The van der Waals surface area contributed by atoms with E-state index in [1.165, 1.54) is 0 Å². The first-order valence-corrected chi connectivity index (χ1v) is 5.59. The molecule has 0 saturated carbocycles. The molecule has 0 atom stereocenters. The van der Waals surface area contributed by atoms with Crippen LogP contribution in [0, 0.1) is 6.92 Å². The fourth-order valence-electron chi connectivity index (χ4n) is 2.02. The van der Waals surface area contributed by atoms with Crippen molar-refractivity contribution in [3.8, 4) is 0 Å². The highest BCUT2D eigenvalue weighted by Crippen LogP contribution is 2.19. The Hall–Kier alpha value is -2.43. The van der Waals surface area contributed by atoms with Gasteiger partial charge in [0.1, 0.15) is 5.65 Å². The van der Waals surface area contributed by atoms with E-state index in [1.807, 2.05) is 29.7 Å². The van der Waals surface area contributed by atoms with Gasteiger partial charge >= 0.3 is 0 Å². The van der Waals surface area contributed by atoms with Gasteiger partial charge in [-0.15, -0.1) is 0 Å². The zero-order valence-corrected chi connectivity index (χ0v) is 9.83. The van der Waals surface area contributed by atoms with E-state index >= 15 is 0 Å². The van der Waals surface area contributed by atoms with Crippen LogP contribution in [0.3, 0.4) is 0 Å². The van der Waals surface area contributed by atoms with Gasteiger partial charge in [0, 0.05) is 29.4 Å². The number of fused-ring (bicyclic) bond motifs is 1. The van der Waals surface area contributed by atoms with Crippen LogP contribution in [0.2, 0.25) is 0 Å². The van der Waals surface area contributed by atoms with E-state index in [1.54, 1.807) is 12.4 Å². The number of carbonyl (C=O) groups is 1. The predicted molar refractivity (Wildman–Crippen MR) is 65.5 cm³/mol. The molecule has 0 aliphatic carbocycles. The molecule has 18 heavy (non-hydrogen) atoms. The van der Waals surface area contributed by atoms with E-state index in [2.05, 4.69) is 10.1 Å². The summed E-state index contributed by atoms with van der Waals surface area (Å²) in [5.41, 5.74) is 2.24. The summed E-state index contributed by atoms with van der Waals surface area (Å²) in [4.78, 5) is 15.3. The lowest BCUT2D eigenvalue weighted by Crippen LogP contribution is -1.97. The predicted octanol–water partition coefficient (Wildman–Crippen LogP) is 2.19. The van der Waals surface area contributed by atoms with Gasteiger partial charge in [-0.25, -0.2) is 4.98 Å². The van der Waals surface area contributed by atoms with Gasteiger partial charge in [-0.1, -0.05) is 5.16 Å². The van der Waals surface area contributed by atoms with Gasteiger partial charge in [0.2, 0.25) is 0 Å². The van der Waals surface area contributed by atoms with Crippen molar-refractivity contribution in [2.24, 2.45) is 0 Å². The van der Waals surface area contributed by atoms with Gasteiger partial charge in [0.05, 0.1) is 12.2 Å². The average Bonchev–Trinajstić information content (AvgIpc) is 2.95. The number of rotatable bonds is 3. The number of pyridine rings is 1. The Morgan fingerprint density at radius 1 is 1.50 bits per heavy atom. The molecule has 3 aromatic heterocycles. The third-order valence-electron chi connectivity index (χ3n) is 2.79. The number of aromatic nitrogens is 3. The minimum atomic E-state index is 0.516. The molecule has 3 rings (SSSR count). The van der Waals surface area contributed by atoms with Crippen molar-refractivity contribution in [1.82, 2.24) is 14.7 Å². The van der Waals surface area contributed by atoms with Gasteiger partial charge in [0.15, 0.2) is 12.0 Å². The summed E-state index contributed by atoms with van der Waals surface area (Å²) in [7, 11) is 0. The summed E-state index contributed by atoms with van der Waals surface area (Å²) >= 11 is 0. The van der Waals surface area contributed by atoms with E-state index in [-0.39, 0.29) is 0 Å². The smallest absolute Gasteiger partial charge is 0.156 e. The Morgan fingerprint density at radius 2 is 2.39 bits per heavy atom. The van der Waals surface area contributed by atoms with Crippen LogP contribution in [0.15, 0.2) is 35.1 Å². The first-order valence-electron chi connectivity index (χ1n) is 5.59. The molecule has 0 unspecified atom stereocenters. The van der Waals surface area contributed by atoms with Crippen LogP contribution in [-0.4, -0.2) is 21.0 Å². The van der Waals surface area contributed by atoms with Crippen LogP contribution >= 0.6 is 0 Å². The highest BCUT2D eigenvalue weighted by atomic mass is 16.5. The van der Waals surface area contributed by atoms with Crippen LogP contribution < -0.4 is 0 Å². The summed E-state index contributed by atoms with van der Waals surface area (Å²) in [6, 6.07) is 5.57. The maximum atomic E-state index is 11.0. The largest absolute Gasteiger partial charge is 0.359 e. The van der Waals surface area contributed by atoms with Gasteiger partial charge in [-0.05, 0) is 19.1 Å². The quantitative estimate of drug-likeness (QED) is 0.659. The summed E-state index contributed by atoms with van der Waals surface area (Å²) in [5.74, 6) is 0.743. The summed E-state index contributed by atoms with van der Waals surface area (Å²) in [5, 5.41) is 4.69. The molecule has 0 bridgehead atoms. The third-order valence-corrected chi connectivity index (χ3v) is 2.79. The van der Waals surface area contributed by atoms with E-state index in [0.717, 1.165) is 28.8 Å². The second-order valence-electron chi connectivity index (χ2n) is 4.14. The van der Waals surface area contributed by atoms with Crippen LogP contribution in [0.5, 0.6) is 0 Å². The van der Waals surface area contributed by atoms with Crippen molar-refractivity contribution in [3.05, 3.63) is 47.6 Å². The highest BCUT2D eigenvalue weighted by Gasteiger charge is 2.10. The number of hydrogen-bond donors (Lipinski definition) is 0. The number of carbonyl (C=O) groups excluding carboxylic acids is 1. The van der Waals surface area contributed by atoms with Gasteiger partial charge < -0.3 is 9.09 Å². The number of hydrogen-bond acceptors (Lipinski definition) is 4. The van der Waals surface area contributed by atoms with Crippen molar-refractivity contribution in [2.45, 2.75) is 13.5 Å². The lowest BCUT2D eigenvalue weighted by Gasteiger charge is -1.99. The fourth-order valence-corrected chi connectivity index (χ4v) is 2.02. The Morgan fingerprint density at radius 3 is 3.11 bits per heavy atom. The Bertz CT molecular complexity index is 712. The highest BCUT2D eigenvalue weighted by molar-refractivity contribution is 5.95. The molecule has 3 aromatic rings. The topological polar surface area (TPSA) is 60.9 Å². The van der Waals surface area contributed by atoms with Crippen LogP contribution in [0.4, 0.5) is 0 Å². The minimum absolute atomic E-state index is 0.516. The molecule has 0 spiro atoms. The van der Waals surface area contributed by atoms with Crippen molar-refractivity contribution in [2.75, 3.05) is 0 Å². The molecule has 3 heterocycles. The molecule has 0 fully saturated rings. The van der Waals surface area contributed by atoms with Crippen molar-refractivity contribution >= 4 is 17.3 Å². The molecule has 0 aliphatic rings. The van der Waals surface area contributed by atoms with E-state index in [4.69, 9.17) is 4.52 Å². The average molecular weight is 241 g/mol. The first kappa shape index (κ1) is 10.7. The number of nitrogens with zero attached hydrogens (tertiary/aromatic N) is 3. The van der Waals surface area contributed by atoms with Crippen molar-refractivity contribution in [1.29, 1.82) is 0 Å². The number of aldehydes is 1. The monoisotopic (exact) mass is 241 g/mol. The Kier molecular flexibility index (Phi) is 2.44. The second-order valence-corrected chi connectivity index (χ2v) is 4.14. The van der Waals surface area contributed by atoms with E-state index in [0.29, 0.717) is 12.1 Å². The van der Waals surface area contributed by atoms with Crippen molar-refractivity contribution < 1.29 is 9.32 Å². The van der Waals surface area contributed by atoms with Gasteiger partial charge in [-0.2, -0.15) is 0 Å². The zero-order chi connectivity index (χ0) is 12.5. The number of aryl methyl sites for hydroxylation is 1. The van der Waals surface area contributed by atoms with Gasteiger partial charge in [0.25, 0.3) is 0 Å². The third kappa shape index (κ3) is 1.69. The molecule has 0 saturated heterocycles. The van der Waals surface area contributed by atoms with E-state index < -0.39 is 0 Å². The SMILES string of the molecule is Cc1cc(Cn2cc(C=O)c3cccnc32)on1. The molecule has 0 radical (unpaired) electrons. The van der Waals surface area contributed by atoms with E-state index in [9.17, 15) is 4.79 Å². The lowest BCUT2D eigenvalue weighted by molar-refractivity contribution is 0.112.